The molecule has 0 unspecified atom stereocenters. The summed E-state index contributed by atoms with van der Waals surface area (Å²) in [5, 5.41) is 5.50. The van der Waals surface area contributed by atoms with E-state index < -0.39 is 0 Å². The molecule has 6 heteroatoms. The van der Waals surface area contributed by atoms with Crippen LogP contribution in [-0.4, -0.2) is 29.1 Å². The van der Waals surface area contributed by atoms with Gasteiger partial charge in [0.05, 0.1) is 11.0 Å². The van der Waals surface area contributed by atoms with Crippen molar-refractivity contribution in [1.29, 1.82) is 0 Å². The van der Waals surface area contributed by atoms with Crippen LogP contribution in [0.1, 0.15) is 11.4 Å². The number of halogens is 1. The Morgan fingerprint density at radius 2 is 1.71 bits per heavy atom. The number of urea groups is 1. The zero-order chi connectivity index (χ0) is 16.8. The fourth-order valence-electron chi connectivity index (χ4n) is 2.49. The predicted molar refractivity (Wildman–Crippen MR) is 91.3 cm³/mol. The summed E-state index contributed by atoms with van der Waals surface area (Å²) in [5.41, 5.74) is 2.50. The average molecular weight is 326 g/mol. The first-order valence-electron chi connectivity index (χ1n) is 7.91. The number of amides is 2. The Bertz CT molecular complexity index is 798. The van der Waals surface area contributed by atoms with Gasteiger partial charge < -0.3 is 15.6 Å². The van der Waals surface area contributed by atoms with Crippen molar-refractivity contribution in [2.45, 2.75) is 12.8 Å². The highest BCUT2D eigenvalue weighted by Gasteiger charge is 2.05. The molecule has 24 heavy (non-hydrogen) atoms. The van der Waals surface area contributed by atoms with Crippen molar-refractivity contribution in [3.8, 4) is 0 Å². The molecule has 0 aliphatic carbocycles. The van der Waals surface area contributed by atoms with E-state index in [1.54, 1.807) is 18.2 Å². The van der Waals surface area contributed by atoms with E-state index in [1.807, 2.05) is 24.3 Å². The number of hydrogen-bond acceptors (Lipinski definition) is 2. The number of benzene rings is 2. The molecule has 124 valence electrons. The molecule has 0 fully saturated rings. The van der Waals surface area contributed by atoms with Gasteiger partial charge in [-0.25, -0.2) is 14.2 Å². The summed E-state index contributed by atoms with van der Waals surface area (Å²) in [4.78, 5) is 19.4. The highest BCUT2D eigenvalue weighted by Crippen LogP contribution is 2.10. The number of aromatic amines is 1. The van der Waals surface area contributed by atoms with E-state index in [0.29, 0.717) is 31.5 Å². The second-order valence-corrected chi connectivity index (χ2v) is 5.47. The molecule has 2 aromatic carbocycles. The first kappa shape index (κ1) is 16.0. The lowest BCUT2D eigenvalue weighted by atomic mass is 10.1. The van der Waals surface area contributed by atoms with Crippen molar-refractivity contribution in [3.63, 3.8) is 0 Å². The number of nitrogens with zero attached hydrogens (tertiary/aromatic N) is 1. The maximum absolute atomic E-state index is 13.5. The van der Waals surface area contributed by atoms with Gasteiger partial charge in [-0.15, -0.1) is 0 Å². The minimum absolute atomic E-state index is 0.246. The number of para-hydroxylation sites is 2. The Hall–Kier alpha value is -2.89. The quantitative estimate of drug-likeness (QED) is 0.652. The Labute approximate surface area is 139 Å². The van der Waals surface area contributed by atoms with Crippen LogP contribution in [0.15, 0.2) is 48.5 Å². The molecular formula is C18H19FN4O. The molecule has 0 aliphatic heterocycles. The van der Waals surface area contributed by atoms with E-state index in [9.17, 15) is 9.18 Å². The first-order chi connectivity index (χ1) is 11.7. The van der Waals surface area contributed by atoms with Crippen LogP contribution < -0.4 is 10.6 Å². The maximum atomic E-state index is 13.5. The lowest BCUT2D eigenvalue weighted by Gasteiger charge is -2.07. The van der Waals surface area contributed by atoms with Crippen LogP contribution in [0.2, 0.25) is 0 Å². The number of aromatic nitrogens is 2. The van der Waals surface area contributed by atoms with Gasteiger partial charge >= 0.3 is 6.03 Å². The molecule has 3 aromatic rings. The van der Waals surface area contributed by atoms with Gasteiger partial charge in [0.25, 0.3) is 0 Å². The number of nitrogens with one attached hydrogen (secondary N) is 3. The Morgan fingerprint density at radius 3 is 2.50 bits per heavy atom. The van der Waals surface area contributed by atoms with Gasteiger partial charge in [-0.3, -0.25) is 0 Å². The summed E-state index contributed by atoms with van der Waals surface area (Å²) >= 11 is 0. The lowest BCUT2D eigenvalue weighted by Crippen LogP contribution is -2.37. The van der Waals surface area contributed by atoms with Crippen molar-refractivity contribution < 1.29 is 9.18 Å². The van der Waals surface area contributed by atoms with Gasteiger partial charge in [0.1, 0.15) is 11.6 Å². The molecule has 0 radical (unpaired) electrons. The van der Waals surface area contributed by atoms with Gasteiger partial charge in [-0.2, -0.15) is 0 Å². The van der Waals surface area contributed by atoms with Gasteiger partial charge in [0.2, 0.25) is 0 Å². The minimum Gasteiger partial charge on any atom is -0.342 e. The van der Waals surface area contributed by atoms with Crippen LogP contribution in [-0.2, 0) is 12.8 Å². The summed E-state index contributed by atoms with van der Waals surface area (Å²) in [5.74, 6) is 0.590. The van der Waals surface area contributed by atoms with Crippen molar-refractivity contribution in [1.82, 2.24) is 20.6 Å². The van der Waals surface area contributed by atoms with Crippen molar-refractivity contribution >= 4 is 17.1 Å². The largest absolute Gasteiger partial charge is 0.342 e. The number of fused-ring (bicyclic) bond motifs is 1. The molecule has 0 saturated heterocycles. The lowest BCUT2D eigenvalue weighted by molar-refractivity contribution is 0.241. The van der Waals surface area contributed by atoms with E-state index in [2.05, 4.69) is 20.6 Å². The maximum Gasteiger partial charge on any atom is 0.314 e. The first-order valence-corrected chi connectivity index (χ1v) is 7.91. The van der Waals surface area contributed by atoms with Crippen LogP contribution in [0.25, 0.3) is 11.0 Å². The zero-order valence-electron chi connectivity index (χ0n) is 13.2. The normalized spacial score (nSPS) is 10.7. The second-order valence-electron chi connectivity index (χ2n) is 5.47. The van der Waals surface area contributed by atoms with E-state index in [-0.39, 0.29) is 11.8 Å². The van der Waals surface area contributed by atoms with Crippen LogP contribution in [0, 0.1) is 5.82 Å². The van der Waals surface area contributed by atoms with Crippen molar-refractivity contribution in [3.05, 3.63) is 65.7 Å². The monoisotopic (exact) mass is 326 g/mol. The van der Waals surface area contributed by atoms with Crippen molar-refractivity contribution in [2.75, 3.05) is 13.1 Å². The summed E-state index contributed by atoms with van der Waals surface area (Å²) in [6.45, 7) is 0.864. The fraction of sp³-hybridized carbons (Fsp3) is 0.222. The molecule has 1 aromatic heterocycles. The standard InChI is InChI=1S/C18H19FN4O/c19-14-6-2-1-5-13(14)9-11-20-18(24)21-12-10-17-22-15-7-3-4-8-16(15)23-17/h1-8H,9-12H2,(H,22,23)(H2,20,21,24). The molecule has 1 heterocycles. The minimum atomic E-state index is -0.262. The number of hydrogen-bond donors (Lipinski definition) is 3. The smallest absolute Gasteiger partial charge is 0.314 e. The van der Waals surface area contributed by atoms with E-state index in [4.69, 9.17) is 0 Å². The fourth-order valence-corrected chi connectivity index (χ4v) is 2.49. The van der Waals surface area contributed by atoms with E-state index in [0.717, 1.165) is 16.9 Å². The molecule has 5 nitrogen and oxygen atoms in total. The zero-order valence-corrected chi connectivity index (χ0v) is 13.2. The third-order valence-corrected chi connectivity index (χ3v) is 3.72. The second kappa shape index (κ2) is 7.59. The average Bonchev–Trinajstić information content (AvgIpc) is 2.99. The van der Waals surface area contributed by atoms with Crippen LogP contribution in [0.4, 0.5) is 9.18 Å². The SMILES string of the molecule is O=C(NCCc1nc2ccccc2[nH]1)NCCc1ccccc1F. The van der Waals surface area contributed by atoms with Gasteiger partial charge in [0, 0.05) is 19.5 Å². The van der Waals surface area contributed by atoms with Gasteiger partial charge in [0.15, 0.2) is 0 Å². The van der Waals surface area contributed by atoms with Crippen LogP contribution in [0.5, 0.6) is 0 Å². The number of carbonyl (C=O) groups is 1. The summed E-state index contributed by atoms with van der Waals surface area (Å²) in [6, 6.07) is 14.1. The molecule has 2 amide bonds. The van der Waals surface area contributed by atoms with Crippen LogP contribution in [0.3, 0.4) is 0 Å². The highest BCUT2D eigenvalue weighted by atomic mass is 19.1. The predicted octanol–water partition coefficient (Wildman–Crippen LogP) is 2.79. The number of rotatable bonds is 6. The summed E-state index contributed by atoms with van der Waals surface area (Å²) in [6.07, 6.45) is 1.08. The summed E-state index contributed by atoms with van der Waals surface area (Å²) in [7, 11) is 0. The Balaban J connectivity index is 1.39. The molecular weight excluding hydrogens is 307 g/mol. The van der Waals surface area contributed by atoms with Crippen LogP contribution >= 0.6 is 0 Å². The third kappa shape index (κ3) is 4.10. The Morgan fingerprint density at radius 1 is 1.00 bits per heavy atom. The molecule has 0 saturated carbocycles. The van der Waals surface area contributed by atoms with Gasteiger partial charge in [-0.05, 0) is 30.2 Å². The number of imidazole rings is 1. The number of carbonyl (C=O) groups excluding carboxylic acids is 1. The molecule has 0 atom stereocenters. The highest BCUT2D eigenvalue weighted by molar-refractivity contribution is 5.75. The van der Waals surface area contributed by atoms with Gasteiger partial charge in [-0.1, -0.05) is 30.3 Å². The third-order valence-electron chi connectivity index (χ3n) is 3.72. The molecule has 3 rings (SSSR count). The van der Waals surface area contributed by atoms with Crippen molar-refractivity contribution in [2.24, 2.45) is 0 Å². The molecule has 0 aliphatic rings. The topological polar surface area (TPSA) is 69.8 Å². The Kier molecular flexibility index (Phi) is 5.05. The van der Waals surface area contributed by atoms with E-state index in [1.165, 1.54) is 6.07 Å². The summed E-state index contributed by atoms with van der Waals surface area (Å²) < 4.78 is 13.5. The molecule has 0 spiro atoms. The molecule has 3 N–H and O–H groups in total. The number of H-pyrrole nitrogens is 1. The molecule has 0 bridgehead atoms. The van der Waals surface area contributed by atoms with E-state index >= 15 is 0 Å².